The van der Waals surface area contributed by atoms with E-state index < -0.39 is 21.8 Å². The summed E-state index contributed by atoms with van der Waals surface area (Å²) in [4.78, 5) is 3.11. The fourth-order valence-electron chi connectivity index (χ4n) is 1.78. The normalized spacial score (nSPS) is 12.6. The molecule has 2 rings (SSSR count). The SMILES string of the molecule is CCS(=O)(=O)c1ccccc1-n1ccnc1C(F)(F)F. The molecule has 108 valence electrons. The number of sulfone groups is 1. The third-order valence-corrected chi connectivity index (χ3v) is 4.51. The lowest BCUT2D eigenvalue weighted by molar-refractivity contribution is -0.146. The largest absolute Gasteiger partial charge is 0.450 e. The van der Waals surface area contributed by atoms with Crippen LogP contribution in [0.3, 0.4) is 0 Å². The van der Waals surface area contributed by atoms with Crippen molar-refractivity contribution in [2.75, 3.05) is 5.75 Å². The van der Waals surface area contributed by atoms with Crippen LogP contribution in [0.4, 0.5) is 13.2 Å². The number of aromatic nitrogens is 2. The van der Waals surface area contributed by atoms with Crippen molar-refractivity contribution in [1.29, 1.82) is 0 Å². The molecular formula is C12H11F3N2O2S. The summed E-state index contributed by atoms with van der Waals surface area (Å²) in [5, 5.41) is 0. The van der Waals surface area contributed by atoms with Crippen LogP contribution >= 0.6 is 0 Å². The number of rotatable bonds is 3. The summed E-state index contributed by atoms with van der Waals surface area (Å²) < 4.78 is 63.2. The highest BCUT2D eigenvalue weighted by Crippen LogP contribution is 2.31. The van der Waals surface area contributed by atoms with Crippen molar-refractivity contribution in [3.05, 3.63) is 42.5 Å². The Labute approximate surface area is 113 Å². The number of hydrogen-bond donors (Lipinski definition) is 0. The van der Waals surface area contributed by atoms with Gasteiger partial charge in [0.1, 0.15) is 0 Å². The average molecular weight is 304 g/mol. The molecule has 2 aromatic rings. The highest BCUT2D eigenvalue weighted by Gasteiger charge is 2.37. The molecule has 0 saturated carbocycles. The van der Waals surface area contributed by atoms with E-state index in [-0.39, 0.29) is 16.3 Å². The van der Waals surface area contributed by atoms with Gasteiger partial charge in [-0.1, -0.05) is 19.1 Å². The lowest BCUT2D eigenvalue weighted by Crippen LogP contribution is -2.16. The van der Waals surface area contributed by atoms with Gasteiger partial charge in [-0.05, 0) is 12.1 Å². The molecule has 0 amide bonds. The molecule has 0 unspecified atom stereocenters. The van der Waals surface area contributed by atoms with E-state index in [2.05, 4.69) is 4.98 Å². The number of para-hydroxylation sites is 1. The zero-order valence-electron chi connectivity index (χ0n) is 10.4. The number of alkyl halides is 3. The van der Waals surface area contributed by atoms with E-state index in [1.165, 1.54) is 31.2 Å². The van der Waals surface area contributed by atoms with Crippen LogP contribution in [0.15, 0.2) is 41.6 Å². The van der Waals surface area contributed by atoms with Crippen molar-refractivity contribution in [2.24, 2.45) is 0 Å². The van der Waals surface area contributed by atoms with Gasteiger partial charge in [-0.15, -0.1) is 0 Å². The Balaban J connectivity index is 2.70. The van der Waals surface area contributed by atoms with Gasteiger partial charge in [-0.3, -0.25) is 4.57 Å². The lowest BCUT2D eigenvalue weighted by atomic mass is 10.3. The molecule has 0 spiro atoms. The molecule has 1 heterocycles. The zero-order valence-corrected chi connectivity index (χ0v) is 11.2. The highest BCUT2D eigenvalue weighted by molar-refractivity contribution is 7.91. The first-order chi connectivity index (χ1) is 9.27. The maximum Gasteiger partial charge on any atom is 0.450 e. The minimum atomic E-state index is -4.66. The van der Waals surface area contributed by atoms with Crippen molar-refractivity contribution < 1.29 is 21.6 Å². The number of benzene rings is 1. The van der Waals surface area contributed by atoms with Crippen LogP contribution in [0.1, 0.15) is 12.7 Å². The second kappa shape index (κ2) is 4.93. The van der Waals surface area contributed by atoms with Gasteiger partial charge in [0.2, 0.25) is 5.82 Å². The van der Waals surface area contributed by atoms with E-state index in [0.717, 1.165) is 17.0 Å². The first kappa shape index (κ1) is 14.6. The Kier molecular flexibility index (Phi) is 3.59. The van der Waals surface area contributed by atoms with Gasteiger partial charge in [-0.2, -0.15) is 13.2 Å². The van der Waals surface area contributed by atoms with Crippen LogP contribution in [-0.2, 0) is 16.0 Å². The predicted octanol–water partition coefficient (Wildman–Crippen LogP) is 2.68. The lowest BCUT2D eigenvalue weighted by Gasteiger charge is -2.14. The minimum Gasteiger partial charge on any atom is -0.295 e. The van der Waals surface area contributed by atoms with Crippen molar-refractivity contribution in [1.82, 2.24) is 9.55 Å². The molecule has 20 heavy (non-hydrogen) atoms. The van der Waals surface area contributed by atoms with E-state index >= 15 is 0 Å². The van der Waals surface area contributed by atoms with Gasteiger partial charge in [0.15, 0.2) is 9.84 Å². The molecule has 0 saturated heterocycles. The minimum absolute atomic E-state index is 0.0563. The van der Waals surface area contributed by atoms with Gasteiger partial charge in [0.25, 0.3) is 0 Å². The molecule has 0 aliphatic heterocycles. The van der Waals surface area contributed by atoms with Gasteiger partial charge in [0, 0.05) is 12.4 Å². The first-order valence-electron chi connectivity index (χ1n) is 5.70. The van der Waals surface area contributed by atoms with Crippen molar-refractivity contribution >= 4 is 9.84 Å². The van der Waals surface area contributed by atoms with E-state index in [9.17, 15) is 21.6 Å². The quantitative estimate of drug-likeness (QED) is 0.876. The average Bonchev–Trinajstić information content (AvgIpc) is 2.88. The fraction of sp³-hybridized carbons (Fsp3) is 0.250. The number of hydrogen-bond acceptors (Lipinski definition) is 3. The van der Waals surface area contributed by atoms with Crippen molar-refractivity contribution in [3.8, 4) is 5.69 Å². The van der Waals surface area contributed by atoms with Crippen LogP contribution in [0.2, 0.25) is 0 Å². The summed E-state index contributed by atoms with van der Waals surface area (Å²) in [5.41, 5.74) is -0.0563. The Morgan fingerprint density at radius 2 is 1.90 bits per heavy atom. The molecular weight excluding hydrogens is 293 g/mol. The van der Waals surface area contributed by atoms with E-state index in [1.54, 1.807) is 0 Å². The molecule has 4 nitrogen and oxygen atoms in total. The van der Waals surface area contributed by atoms with E-state index in [0.29, 0.717) is 0 Å². The van der Waals surface area contributed by atoms with Gasteiger partial charge < -0.3 is 0 Å². The van der Waals surface area contributed by atoms with Gasteiger partial charge in [0.05, 0.1) is 16.3 Å². The smallest absolute Gasteiger partial charge is 0.295 e. The summed E-state index contributed by atoms with van der Waals surface area (Å²) in [7, 11) is -3.63. The van der Waals surface area contributed by atoms with Crippen molar-refractivity contribution in [3.63, 3.8) is 0 Å². The van der Waals surface area contributed by atoms with E-state index in [1.807, 2.05) is 0 Å². The summed E-state index contributed by atoms with van der Waals surface area (Å²) >= 11 is 0. The molecule has 1 aromatic heterocycles. The molecule has 0 N–H and O–H groups in total. The number of halogens is 3. The van der Waals surface area contributed by atoms with Gasteiger partial charge >= 0.3 is 6.18 Å². The molecule has 0 fully saturated rings. The predicted molar refractivity (Wildman–Crippen MR) is 66.3 cm³/mol. The highest BCUT2D eigenvalue weighted by atomic mass is 32.2. The maximum atomic E-state index is 12.8. The van der Waals surface area contributed by atoms with Crippen LogP contribution in [0.25, 0.3) is 5.69 Å². The summed E-state index contributed by atoms with van der Waals surface area (Å²) in [6.45, 7) is 1.44. The molecule has 0 radical (unpaired) electrons. The molecule has 0 aliphatic carbocycles. The monoisotopic (exact) mass is 304 g/mol. The third kappa shape index (κ3) is 2.55. The number of nitrogens with zero attached hydrogens (tertiary/aromatic N) is 2. The second-order valence-electron chi connectivity index (χ2n) is 3.99. The van der Waals surface area contributed by atoms with Gasteiger partial charge in [-0.25, -0.2) is 13.4 Å². The maximum absolute atomic E-state index is 12.8. The molecule has 0 atom stereocenters. The van der Waals surface area contributed by atoms with Crippen molar-refractivity contribution in [2.45, 2.75) is 18.0 Å². The van der Waals surface area contributed by atoms with Crippen LogP contribution in [-0.4, -0.2) is 23.7 Å². The summed E-state index contributed by atoms with van der Waals surface area (Å²) in [6, 6.07) is 5.55. The second-order valence-corrected chi connectivity index (χ2v) is 6.24. The van der Waals surface area contributed by atoms with E-state index in [4.69, 9.17) is 0 Å². The fourth-order valence-corrected chi connectivity index (χ4v) is 2.86. The molecule has 8 heteroatoms. The summed E-state index contributed by atoms with van der Waals surface area (Å²) in [6.07, 6.45) is -2.59. The Bertz CT molecular complexity index is 720. The Morgan fingerprint density at radius 1 is 1.25 bits per heavy atom. The zero-order chi connectivity index (χ0) is 15.0. The molecule has 0 bridgehead atoms. The Hall–Kier alpha value is -1.83. The Morgan fingerprint density at radius 3 is 2.50 bits per heavy atom. The van der Waals surface area contributed by atoms with Crippen LogP contribution in [0.5, 0.6) is 0 Å². The van der Waals surface area contributed by atoms with Crippen LogP contribution < -0.4 is 0 Å². The molecule has 1 aromatic carbocycles. The summed E-state index contributed by atoms with van der Waals surface area (Å²) in [5.74, 6) is -1.35. The topological polar surface area (TPSA) is 52.0 Å². The standard InChI is InChI=1S/C12H11F3N2O2S/c1-2-20(18,19)10-6-4-3-5-9(10)17-8-7-16-11(17)12(13,14)15/h3-8H,2H2,1H3. The number of imidazole rings is 1. The molecule has 0 aliphatic rings. The third-order valence-electron chi connectivity index (χ3n) is 2.73. The van der Waals surface area contributed by atoms with Crippen LogP contribution in [0, 0.1) is 0 Å². The first-order valence-corrected chi connectivity index (χ1v) is 7.35.